The maximum atomic E-state index is 6.95. The van der Waals surface area contributed by atoms with Crippen LogP contribution in [0.2, 0.25) is 0 Å². The second kappa shape index (κ2) is 15.3. The number of para-hydroxylation sites is 6. The van der Waals surface area contributed by atoms with Gasteiger partial charge in [0.2, 0.25) is 0 Å². The van der Waals surface area contributed by atoms with Crippen molar-refractivity contribution >= 4 is 68.0 Å². The third-order valence-electron chi connectivity index (χ3n) is 14.3. The van der Waals surface area contributed by atoms with E-state index in [1.807, 2.05) is 6.20 Å². The fourth-order valence-corrected chi connectivity index (χ4v) is 11.0. The molecular formula is C61H49BN6O. The molecule has 0 aliphatic carbocycles. The number of hydrogen-bond donors (Lipinski definition) is 0. The Kier molecular flexibility index (Phi) is 9.09. The van der Waals surface area contributed by atoms with Crippen molar-refractivity contribution in [1.82, 2.24) is 14.1 Å². The van der Waals surface area contributed by atoms with Crippen LogP contribution in [0.4, 0.5) is 22.7 Å². The standard InChI is InChI=1S/C61H49BN6O/c1-60(2,3)41-34-35-63-58(36-41)66-52-33-28-42(62-67(44-20-11-7-12-21-44)53-25-15-16-26-54(53)68(62)45-22-13-8-14-23-45)37-49(52)48-31-29-46(38-56(48)66)69-47-30-32-50-57(39-47)65-40-64(43-18-9-6-10-19-43)55-27-17-24-51(59(55)65)61(50,4)5/h6-39H,1-5H3. The highest BCUT2D eigenvalue weighted by atomic mass is 16.5. The van der Waals surface area contributed by atoms with Gasteiger partial charge in [-0.1, -0.05) is 138 Å². The van der Waals surface area contributed by atoms with E-state index >= 15 is 0 Å². The van der Waals surface area contributed by atoms with Gasteiger partial charge in [0.05, 0.1) is 44.8 Å². The molecule has 0 N–H and O–H groups in total. The molecule has 0 saturated heterocycles. The summed E-state index contributed by atoms with van der Waals surface area (Å²) in [5.41, 5.74) is 15.7. The largest absolute Gasteiger partial charge is 0.458 e. The molecule has 0 unspecified atom stereocenters. The van der Waals surface area contributed by atoms with Crippen LogP contribution >= 0.6 is 0 Å². The summed E-state index contributed by atoms with van der Waals surface area (Å²) in [6.45, 7) is 11.2. The number of ether oxygens (including phenoxy) is 1. The van der Waals surface area contributed by atoms with Crippen LogP contribution in [0.5, 0.6) is 11.5 Å². The molecule has 0 fully saturated rings. The summed E-state index contributed by atoms with van der Waals surface area (Å²) < 4.78 is 13.6. The number of imidazole rings is 1. The van der Waals surface area contributed by atoms with E-state index in [0.717, 1.165) is 84.3 Å². The van der Waals surface area contributed by atoms with Crippen molar-refractivity contribution in [3.8, 4) is 28.7 Å². The van der Waals surface area contributed by atoms with Gasteiger partial charge in [0, 0.05) is 39.8 Å². The Hall–Kier alpha value is -8.36. The van der Waals surface area contributed by atoms with Crippen LogP contribution in [0, 0.1) is 6.33 Å². The van der Waals surface area contributed by atoms with E-state index in [-0.39, 0.29) is 17.8 Å². The average molecular weight is 893 g/mol. The zero-order chi connectivity index (χ0) is 46.6. The molecule has 0 saturated carbocycles. The van der Waals surface area contributed by atoms with Gasteiger partial charge in [-0.2, -0.15) is 0 Å². The monoisotopic (exact) mass is 892 g/mol. The van der Waals surface area contributed by atoms with Gasteiger partial charge in [-0.3, -0.25) is 13.7 Å². The van der Waals surface area contributed by atoms with E-state index in [4.69, 9.17) is 9.72 Å². The number of fused-ring (bicyclic) bond motifs is 6. The fraction of sp³-hybridized carbons (Fsp3) is 0.115. The van der Waals surface area contributed by atoms with Gasteiger partial charge in [0.1, 0.15) is 17.3 Å². The Balaban J connectivity index is 0.970. The van der Waals surface area contributed by atoms with Crippen LogP contribution in [-0.2, 0) is 10.8 Å². The summed E-state index contributed by atoms with van der Waals surface area (Å²) in [5, 5.41) is 2.26. The number of nitrogens with zero attached hydrogens (tertiary/aromatic N) is 6. The van der Waals surface area contributed by atoms with Gasteiger partial charge in [0.25, 0.3) is 6.33 Å². The Morgan fingerprint density at radius 1 is 0.565 bits per heavy atom. The van der Waals surface area contributed by atoms with Crippen LogP contribution in [0.25, 0.3) is 50.0 Å². The third kappa shape index (κ3) is 6.42. The first kappa shape index (κ1) is 40.9. The summed E-state index contributed by atoms with van der Waals surface area (Å²) in [7, 11) is 0. The summed E-state index contributed by atoms with van der Waals surface area (Å²) in [5.74, 6) is 2.36. The van der Waals surface area contributed by atoms with E-state index in [1.54, 1.807) is 0 Å². The van der Waals surface area contributed by atoms with E-state index in [0.29, 0.717) is 0 Å². The van der Waals surface area contributed by atoms with Crippen molar-refractivity contribution in [2.45, 2.75) is 45.4 Å². The SMILES string of the molecule is CC(C)(C)c1ccnc(-n2c3ccc(B4N(c5ccccc5)c5ccccc5N4c4ccccc4)cc3c3ccc(Oc4ccc5c(c4)-n4[c-][n+](-c6ccccc6)c6cccc(c64)C5(C)C)cc32)c1. The van der Waals surface area contributed by atoms with Gasteiger partial charge in [0.15, 0.2) is 0 Å². The Labute approximate surface area is 402 Å². The van der Waals surface area contributed by atoms with Gasteiger partial charge >= 0.3 is 6.98 Å². The van der Waals surface area contributed by atoms with Crippen molar-refractivity contribution in [1.29, 1.82) is 0 Å². The van der Waals surface area contributed by atoms with Crippen LogP contribution in [-0.4, -0.2) is 21.1 Å². The maximum absolute atomic E-state index is 6.95. The normalized spacial score (nSPS) is 13.9. The molecule has 3 aromatic heterocycles. The first-order valence-electron chi connectivity index (χ1n) is 23.8. The van der Waals surface area contributed by atoms with Crippen LogP contribution in [0.3, 0.4) is 0 Å². The predicted octanol–water partition coefficient (Wildman–Crippen LogP) is 13.6. The van der Waals surface area contributed by atoms with E-state index in [9.17, 15) is 0 Å². The van der Waals surface area contributed by atoms with Gasteiger partial charge in [-0.25, -0.2) is 4.98 Å². The Morgan fingerprint density at radius 2 is 1.22 bits per heavy atom. The lowest BCUT2D eigenvalue weighted by molar-refractivity contribution is -0.572. The van der Waals surface area contributed by atoms with Crippen molar-refractivity contribution in [2.24, 2.45) is 0 Å². The fourth-order valence-electron chi connectivity index (χ4n) is 11.0. The molecule has 0 spiro atoms. The molecule has 11 aromatic rings. The first-order valence-corrected chi connectivity index (χ1v) is 23.8. The maximum Gasteiger partial charge on any atom is 0.420 e. The molecule has 0 amide bonds. The Morgan fingerprint density at radius 3 is 1.91 bits per heavy atom. The molecule has 332 valence electrons. The predicted molar refractivity (Wildman–Crippen MR) is 282 cm³/mol. The summed E-state index contributed by atoms with van der Waals surface area (Å²) >= 11 is 0. The van der Waals surface area contributed by atoms with Gasteiger partial charge < -0.3 is 14.4 Å². The van der Waals surface area contributed by atoms with Crippen molar-refractivity contribution in [3.63, 3.8) is 0 Å². The minimum absolute atomic E-state index is 0.0677. The smallest absolute Gasteiger partial charge is 0.420 e. The molecule has 13 rings (SSSR count). The lowest BCUT2D eigenvalue weighted by Gasteiger charge is -2.34. The highest BCUT2D eigenvalue weighted by Crippen LogP contribution is 2.48. The highest BCUT2D eigenvalue weighted by Gasteiger charge is 2.44. The zero-order valence-corrected chi connectivity index (χ0v) is 39.3. The molecule has 0 radical (unpaired) electrons. The Bertz CT molecular complexity index is 3730. The minimum Gasteiger partial charge on any atom is -0.458 e. The van der Waals surface area contributed by atoms with E-state index < -0.39 is 0 Å². The number of anilines is 4. The summed E-state index contributed by atoms with van der Waals surface area (Å²) in [6.07, 6.45) is 5.67. The molecule has 0 atom stereocenters. The molecule has 2 aliphatic heterocycles. The van der Waals surface area contributed by atoms with Gasteiger partial charge in [-0.05, 0) is 119 Å². The van der Waals surface area contributed by atoms with Crippen molar-refractivity contribution < 1.29 is 9.30 Å². The van der Waals surface area contributed by atoms with E-state index in [2.05, 4.69) is 264 Å². The van der Waals surface area contributed by atoms with Crippen LogP contribution in [0.15, 0.2) is 206 Å². The molecule has 69 heavy (non-hydrogen) atoms. The van der Waals surface area contributed by atoms with E-state index in [1.165, 1.54) is 22.2 Å². The van der Waals surface area contributed by atoms with Crippen molar-refractivity contribution in [2.75, 3.05) is 9.62 Å². The second-order valence-corrected chi connectivity index (χ2v) is 19.9. The highest BCUT2D eigenvalue weighted by molar-refractivity contribution is 6.84. The molecule has 7 nitrogen and oxygen atoms in total. The number of pyridine rings is 1. The van der Waals surface area contributed by atoms with Crippen LogP contribution in [0.1, 0.15) is 51.3 Å². The number of benzene rings is 8. The quantitative estimate of drug-likeness (QED) is 0.0908. The lowest BCUT2D eigenvalue weighted by Crippen LogP contribution is -2.53. The number of rotatable bonds is 7. The molecule has 8 heteroatoms. The zero-order valence-electron chi connectivity index (χ0n) is 39.3. The number of hydrogen-bond acceptors (Lipinski definition) is 4. The topological polar surface area (TPSA) is 42.3 Å². The molecule has 2 aliphatic rings. The molecule has 8 aromatic carbocycles. The minimum atomic E-state index is -0.241. The average Bonchev–Trinajstić information content (AvgIpc) is 4.05. The van der Waals surface area contributed by atoms with Crippen LogP contribution < -0.4 is 24.4 Å². The lowest BCUT2D eigenvalue weighted by atomic mass is 9.64. The molecule has 0 bridgehead atoms. The second-order valence-electron chi connectivity index (χ2n) is 19.9. The number of aromatic nitrogens is 4. The summed E-state index contributed by atoms with van der Waals surface area (Å²) in [4.78, 5) is 10.0. The van der Waals surface area contributed by atoms with Gasteiger partial charge in [-0.15, -0.1) is 0 Å². The molecule has 5 heterocycles. The summed E-state index contributed by atoms with van der Waals surface area (Å²) in [6, 6.07) is 71.7. The first-order chi connectivity index (χ1) is 33.6. The van der Waals surface area contributed by atoms with Crippen molar-refractivity contribution in [3.05, 3.63) is 229 Å². The molecular weight excluding hydrogens is 844 g/mol. The third-order valence-corrected chi connectivity index (χ3v) is 14.3.